The Hall–Kier alpha value is -2.40. The topological polar surface area (TPSA) is 46.9 Å². The number of rotatable bonds is 2. The van der Waals surface area contributed by atoms with E-state index in [0.29, 0.717) is 6.42 Å². The molecule has 120 valence electrons. The van der Waals surface area contributed by atoms with Crippen LogP contribution in [0.1, 0.15) is 29.2 Å². The normalized spacial score (nSPS) is 16.6. The summed E-state index contributed by atoms with van der Waals surface area (Å²) in [7, 11) is 0. The number of nitrogens with one attached hydrogen (secondary N) is 1. The van der Waals surface area contributed by atoms with Crippen molar-refractivity contribution in [3.05, 3.63) is 75.9 Å². The minimum atomic E-state index is 0.0208. The Kier molecular flexibility index (Phi) is 3.73. The monoisotopic (exact) mass is 381 g/mol. The molecule has 0 radical (unpaired) electrons. The molecule has 0 fully saturated rings. The second-order valence-corrected chi connectivity index (χ2v) is 6.87. The van der Waals surface area contributed by atoms with Gasteiger partial charge in [0, 0.05) is 22.4 Å². The third kappa shape index (κ3) is 2.55. The van der Waals surface area contributed by atoms with E-state index < -0.39 is 0 Å². The highest BCUT2D eigenvalue weighted by Gasteiger charge is 2.32. The number of benzene rings is 2. The summed E-state index contributed by atoms with van der Waals surface area (Å²) in [4.78, 5) is 12.3. The van der Waals surface area contributed by atoms with E-state index in [1.807, 2.05) is 54.1 Å². The number of hydrogen-bond acceptors (Lipinski definition) is 2. The molecule has 0 aliphatic carbocycles. The zero-order chi connectivity index (χ0) is 16.7. The highest BCUT2D eigenvalue weighted by Crippen LogP contribution is 2.40. The predicted octanol–water partition coefficient (Wildman–Crippen LogP) is 4.42. The highest BCUT2D eigenvalue weighted by molar-refractivity contribution is 9.10. The van der Waals surface area contributed by atoms with Crippen molar-refractivity contribution in [2.24, 2.45) is 0 Å². The average molecular weight is 382 g/mol. The molecule has 1 atom stereocenters. The summed E-state index contributed by atoms with van der Waals surface area (Å²) in [5.74, 6) is 0.828. The maximum absolute atomic E-state index is 12.3. The molecule has 1 aromatic heterocycles. The van der Waals surface area contributed by atoms with E-state index in [2.05, 4.69) is 38.5 Å². The minimum absolute atomic E-state index is 0.0208. The van der Waals surface area contributed by atoms with Crippen molar-refractivity contribution in [1.29, 1.82) is 0 Å². The summed E-state index contributed by atoms with van der Waals surface area (Å²) in [5, 5.41) is 7.69. The lowest BCUT2D eigenvalue weighted by molar-refractivity contribution is -0.116. The fourth-order valence-electron chi connectivity index (χ4n) is 3.28. The molecule has 0 unspecified atom stereocenters. The van der Waals surface area contributed by atoms with Gasteiger partial charge in [0.05, 0.1) is 11.4 Å². The summed E-state index contributed by atoms with van der Waals surface area (Å²) in [6.45, 7) is 2.00. The molecule has 1 aliphatic heterocycles. The Morgan fingerprint density at radius 1 is 1.12 bits per heavy atom. The van der Waals surface area contributed by atoms with Crippen molar-refractivity contribution in [3.63, 3.8) is 0 Å². The van der Waals surface area contributed by atoms with Crippen molar-refractivity contribution < 1.29 is 4.79 Å². The van der Waals surface area contributed by atoms with Crippen LogP contribution in [0.25, 0.3) is 5.69 Å². The molecule has 0 saturated heterocycles. The van der Waals surface area contributed by atoms with Crippen molar-refractivity contribution in [3.8, 4) is 5.69 Å². The molecular weight excluding hydrogens is 366 g/mol. The van der Waals surface area contributed by atoms with Gasteiger partial charge in [-0.1, -0.05) is 46.3 Å². The van der Waals surface area contributed by atoms with Gasteiger partial charge in [-0.05, 0) is 36.8 Å². The minimum Gasteiger partial charge on any atom is -0.310 e. The number of fused-ring (bicyclic) bond motifs is 1. The van der Waals surface area contributed by atoms with Crippen LogP contribution in [0.2, 0.25) is 0 Å². The molecule has 4 rings (SSSR count). The molecule has 5 heteroatoms. The fraction of sp³-hybridized carbons (Fsp3) is 0.158. The summed E-state index contributed by atoms with van der Waals surface area (Å²) in [6.07, 6.45) is 0.440. The second-order valence-electron chi connectivity index (χ2n) is 5.95. The maximum Gasteiger partial charge on any atom is 0.226 e. The Balaban J connectivity index is 1.87. The van der Waals surface area contributed by atoms with Crippen LogP contribution in [0.15, 0.2) is 59.1 Å². The molecule has 4 nitrogen and oxygen atoms in total. The van der Waals surface area contributed by atoms with Gasteiger partial charge in [-0.15, -0.1) is 0 Å². The zero-order valence-corrected chi connectivity index (χ0v) is 14.7. The summed E-state index contributed by atoms with van der Waals surface area (Å²) >= 11 is 3.47. The van der Waals surface area contributed by atoms with Gasteiger partial charge in [0.15, 0.2) is 0 Å². The number of carbonyl (C=O) groups is 1. The zero-order valence-electron chi connectivity index (χ0n) is 13.2. The Morgan fingerprint density at radius 3 is 2.54 bits per heavy atom. The van der Waals surface area contributed by atoms with E-state index in [4.69, 9.17) is 0 Å². The predicted molar refractivity (Wildman–Crippen MR) is 97.5 cm³/mol. The first-order chi connectivity index (χ1) is 11.6. The lowest BCUT2D eigenvalue weighted by Crippen LogP contribution is -2.24. The quantitative estimate of drug-likeness (QED) is 0.714. The Labute approximate surface area is 148 Å². The van der Waals surface area contributed by atoms with Gasteiger partial charge in [-0.3, -0.25) is 4.79 Å². The van der Waals surface area contributed by atoms with Crippen LogP contribution in [0.4, 0.5) is 5.82 Å². The molecule has 1 amide bonds. The number of aromatic nitrogens is 2. The molecule has 0 bridgehead atoms. The van der Waals surface area contributed by atoms with Gasteiger partial charge in [0.25, 0.3) is 0 Å². The molecule has 2 heterocycles. The second kappa shape index (κ2) is 5.91. The fourth-order valence-corrected chi connectivity index (χ4v) is 3.55. The van der Waals surface area contributed by atoms with Gasteiger partial charge in [0.2, 0.25) is 5.91 Å². The van der Waals surface area contributed by atoms with Crippen molar-refractivity contribution in [1.82, 2.24) is 9.78 Å². The molecule has 24 heavy (non-hydrogen) atoms. The third-order valence-corrected chi connectivity index (χ3v) is 4.90. The van der Waals surface area contributed by atoms with E-state index in [1.54, 1.807) is 0 Å². The van der Waals surface area contributed by atoms with E-state index in [9.17, 15) is 4.79 Å². The van der Waals surface area contributed by atoms with E-state index in [0.717, 1.165) is 32.8 Å². The number of carbonyl (C=O) groups excluding carboxylic acids is 1. The van der Waals surface area contributed by atoms with Crippen molar-refractivity contribution >= 4 is 27.7 Å². The van der Waals surface area contributed by atoms with Crippen LogP contribution in [-0.2, 0) is 4.79 Å². The Morgan fingerprint density at radius 2 is 1.83 bits per heavy atom. The number of halogens is 1. The van der Waals surface area contributed by atoms with Crippen molar-refractivity contribution in [2.75, 3.05) is 5.32 Å². The first kappa shape index (κ1) is 15.1. The molecule has 0 spiro atoms. The van der Waals surface area contributed by atoms with Crippen LogP contribution in [0.5, 0.6) is 0 Å². The van der Waals surface area contributed by atoms with Crippen LogP contribution in [-0.4, -0.2) is 15.7 Å². The highest BCUT2D eigenvalue weighted by atomic mass is 79.9. The van der Waals surface area contributed by atoms with E-state index in [-0.39, 0.29) is 11.8 Å². The van der Waals surface area contributed by atoms with E-state index >= 15 is 0 Å². The third-order valence-electron chi connectivity index (χ3n) is 4.38. The van der Waals surface area contributed by atoms with Crippen molar-refractivity contribution in [2.45, 2.75) is 19.3 Å². The maximum atomic E-state index is 12.3. The molecular formula is C19H16BrN3O. The first-order valence-electron chi connectivity index (χ1n) is 7.84. The molecule has 0 saturated carbocycles. The van der Waals surface area contributed by atoms with Gasteiger partial charge in [-0.2, -0.15) is 5.10 Å². The first-order valence-corrected chi connectivity index (χ1v) is 8.63. The summed E-state index contributed by atoms with van der Waals surface area (Å²) in [6, 6.07) is 18.0. The van der Waals surface area contributed by atoms with Crippen LogP contribution in [0, 0.1) is 6.92 Å². The molecule has 3 aromatic rings. The van der Waals surface area contributed by atoms with Gasteiger partial charge < -0.3 is 5.32 Å². The lowest BCUT2D eigenvalue weighted by atomic mass is 9.86. The smallest absolute Gasteiger partial charge is 0.226 e. The number of aryl methyl sites for hydroxylation is 1. The summed E-state index contributed by atoms with van der Waals surface area (Å²) in [5.41, 5.74) is 4.12. The molecule has 1 N–H and O–H groups in total. The van der Waals surface area contributed by atoms with Gasteiger partial charge in [-0.25, -0.2) is 4.68 Å². The number of nitrogens with zero attached hydrogens (tertiary/aromatic N) is 2. The number of hydrogen-bond donors (Lipinski definition) is 1. The van der Waals surface area contributed by atoms with Gasteiger partial charge >= 0.3 is 0 Å². The SMILES string of the molecule is Cc1nn(-c2ccccc2)c2c1[C@H](c1ccc(Br)cc1)CC(=O)N2. The standard InChI is InChI=1S/C19H16BrN3O/c1-12-18-16(13-7-9-14(20)10-8-13)11-17(24)21-19(18)23(22-12)15-5-3-2-4-6-15/h2-10,16H,11H2,1H3,(H,21,24)/t16-/m0/s1. The number of anilines is 1. The number of para-hydroxylation sites is 1. The largest absolute Gasteiger partial charge is 0.310 e. The molecule has 2 aromatic carbocycles. The Bertz CT molecular complexity index is 900. The lowest BCUT2D eigenvalue weighted by Gasteiger charge is -2.24. The van der Waals surface area contributed by atoms with Crippen LogP contribution in [0.3, 0.4) is 0 Å². The van der Waals surface area contributed by atoms with Gasteiger partial charge in [0.1, 0.15) is 5.82 Å². The average Bonchev–Trinajstić information content (AvgIpc) is 2.92. The number of amides is 1. The molecule has 1 aliphatic rings. The van der Waals surface area contributed by atoms with Crippen LogP contribution >= 0.6 is 15.9 Å². The van der Waals surface area contributed by atoms with Crippen LogP contribution < -0.4 is 5.32 Å². The van der Waals surface area contributed by atoms with E-state index in [1.165, 1.54) is 0 Å². The summed E-state index contributed by atoms with van der Waals surface area (Å²) < 4.78 is 2.86.